The van der Waals surface area contributed by atoms with Crippen LogP contribution >= 0.6 is 15.9 Å². The lowest BCUT2D eigenvalue weighted by atomic mass is 10.2. The molecule has 17 heavy (non-hydrogen) atoms. The fraction of sp³-hybridized carbons (Fsp3) is 0.167. The predicted molar refractivity (Wildman–Crippen MR) is 69.3 cm³/mol. The summed E-state index contributed by atoms with van der Waals surface area (Å²) in [5.74, 6) is -0.425. The molecule has 1 amide bonds. The minimum Gasteiger partial charge on any atom is -0.366 e. The van der Waals surface area contributed by atoms with Crippen LogP contribution in [0.25, 0.3) is 5.69 Å². The van der Waals surface area contributed by atoms with Gasteiger partial charge in [0.2, 0.25) is 5.91 Å². The molecule has 2 aromatic rings. The van der Waals surface area contributed by atoms with Crippen LogP contribution in [0.3, 0.4) is 0 Å². The summed E-state index contributed by atoms with van der Waals surface area (Å²) in [6.45, 7) is 3.91. The number of aromatic nitrogens is 2. The number of hydrogen-bond acceptors (Lipinski definition) is 2. The van der Waals surface area contributed by atoms with Gasteiger partial charge in [0.25, 0.3) is 0 Å². The number of nitrogens with two attached hydrogens (primary N) is 1. The van der Waals surface area contributed by atoms with Gasteiger partial charge in [-0.15, -0.1) is 0 Å². The van der Waals surface area contributed by atoms with Crippen LogP contribution in [0.4, 0.5) is 0 Å². The molecule has 88 valence electrons. The Bertz CT molecular complexity index is 572. The van der Waals surface area contributed by atoms with E-state index in [2.05, 4.69) is 21.0 Å². The van der Waals surface area contributed by atoms with Crippen LogP contribution in [0.15, 0.2) is 28.7 Å². The number of primary amides is 1. The number of amides is 1. The number of carbonyl (C=O) groups is 1. The van der Waals surface area contributed by atoms with Gasteiger partial charge in [0.1, 0.15) is 0 Å². The van der Waals surface area contributed by atoms with Crippen molar-refractivity contribution >= 4 is 21.8 Å². The summed E-state index contributed by atoms with van der Waals surface area (Å²) in [7, 11) is 0. The second-order valence-corrected chi connectivity index (χ2v) is 4.60. The van der Waals surface area contributed by atoms with Crippen molar-refractivity contribution in [3.8, 4) is 5.69 Å². The largest absolute Gasteiger partial charge is 0.366 e. The molecule has 0 aliphatic carbocycles. The molecule has 1 aromatic heterocycles. The summed E-state index contributed by atoms with van der Waals surface area (Å²) in [5.41, 5.74) is 8.54. The molecule has 1 heterocycles. The summed E-state index contributed by atoms with van der Waals surface area (Å²) in [6, 6.07) is 7.04. The first kappa shape index (κ1) is 11.9. The average Bonchev–Trinajstić information content (AvgIpc) is 2.57. The fourth-order valence-electron chi connectivity index (χ4n) is 1.64. The van der Waals surface area contributed by atoms with Gasteiger partial charge in [-0.3, -0.25) is 4.79 Å². The highest BCUT2D eigenvalue weighted by Gasteiger charge is 2.10. The lowest BCUT2D eigenvalue weighted by molar-refractivity contribution is 0.100. The molecule has 4 nitrogen and oxygen atoms in total. The molecule has 0 aliphatic heterocycles. The summed E-state index contributed by atoms with van der Waals surface area (Å²) < 4.78 is 2.82. The quantitative estimate of drug-likeness (QED) is 0.924. The van der Waals surface area contributed by atoms with Gasteiger partial charge in [0.05, 0.1) is 21.5 Å². The van der Waals surface area contributed by atoms with Crippen molar-refractivity contribution in [1.29, 1.82) is 0 Å². The molecule has 0 spiro atoms. The van der Waals surface area contributed by atoms with Crippen molar-refractivity contribution in [2.24, 2.45) is 5.73 Å². The van der Waals surface area contributed by atoms with Crippen LogP contribution in [0, 0.1) is 13.8 Å². The van der Waals surface area contributed by atoms with Crippen molar-refractivity contribution in [1.82, 2.24) is 9.78 Å². The lowest BCUT2D eigenvalue weighted by Crippen LogP contribution is -2.10. The SMILES string of the molecule is Cc1nn(-c2ccc(C(N)=O)cc2)c(C)c1Br. The Kier molecular flexibility index (Phi) is 3.02. The summed E-state index contributed by atoms with van der Waals surface area (Å²) in [4.78, 5) is 11.0. The lowest BCUT2D eigenvalue weighted by Gasteiger charge is -2.04. The minimum atomic E-state index is -0.425. The van der Waals surface area contributed by atoms with Crippen molar-refractivity contribution < 1.29 is 4.79 Å². The predicted octanol–water partition coefficient (Wildman–Crippen LogP) is 2.35. The number of halogens is 1. The third-order valence-electron chi connectivity index (χ3n) is 2.60. The number of aryl methyl sites for hydroxylation is 1. The maximum Gasteiger partial charge on any atom is 0.248 e. The van der Waals surface area contributed by atoms with Gasteiger partial charge >= 0.3 is 0 Å². The highest BCUT2D eigenvalue weighted by molar-refractivity contribution is 9.10. The highest BCUT2D eigenvalue weighted by Crippen LogP contribution is 2.22. The topological polar surface area (TPSA) is 60.9 Å². The van der Waals surface area contributed by atoms with Crippen LogP contribution in [0.2, 0.25) is 0 Å². The summed E-state index contributed by atoms with van der Waals surface area (Å²) in [6.07, 6.45) is 0. The number of rotatable bonds is 2. The normalized spacial score (nSPS) is 10.5. The van der Waals surface area contributed by atoms with E-state index in [1.54, 1.807) is 12.1 Å². The van der Waals surface area contributed by atoms with Gasteiger partial charge < -0.3 is 5.73 Å². The molecule has 0 unspecified atom stereocenters. The van der Waals surface area contributed by atoms with Crippen molar-refractivity contribution in [2.75, 3.05) is 0 Å². The molecule has 0 bridgehead atoms. The standard InChI is InChI=1S/C12H12BrN3O/c1-7-11(13)8(2)16(15-7)10-5-3-9(4-6-10)12(14)17/h3-6H,1-2H3,(H2,14,17). The monoisotopic (exact) mass is 293 g/mol. The number of carbonyl (C=O) groups excluding carboxylic acids is 1. The maximum absolute atomic E-state index is 11.0. The van der Waals surface area contributed by atoms with E-state index < -0.39 is 5.91 Å². The highest BCUT2D eigenvalue weighted by atomic mass is 79.9. The fourth-order valence-corrected chi connectivity index (χ4v) is 1.89. The van der Waals surface area contributed by atoms with Crippen LogP contribution in [0.1, 0.15) is 21.7 Å². The number of nitrogens with zero attached hydrogens (tertiary/aromatic N) is 2. The van der Waals surface area contributed by atoms with Gasteiger partial charge in [-0.25, -0.2) is 4.68 Å². The van der Waals surface area contributed by atoms with Crippen molar-refractivity contribution in [3.05, 3.63) is 45.7 Å². The Morgan fingerprint density at radius 2 is 1.88 bits per heavy atom. The van der Waals surface area contributed by atoms with Gasteiger partial charge in [0, 0.05) is 5.56 Å². The van der Waals surface area contributed by atoms with E-state index in [1.807, 2.05) is 30.7 Å². The summed E-state index contributed by atoms with van der Waals surface area (Å²) >= 11 is 3.48. The van der Waals surface area contributed by atoms with Crippen LogP contribution < -0.4 is 5.73 Å². The zero-order chi connectivity index (χ0) is 12.6. The Balaban J connectivity index is 2.47. The number of benzene rings is 1. The van der Waals surface area contributed by atoms with E-state index in [4.69, 9.17) is 5.73 Å². The Labute approximate surface area is 108 Å². The van der Waals surface area contributed by atoms with Gasteiger partial charge in [-0.1, -0.05) is 0 Å². The first-order chi connectivity index (χ1) is 8.00. The smallest absolute Gasteiger partial charge is 0.248 e. The van der Waals surface area contributed by atoms with E-state index in [1.165, 1.54) is 0 Å². The molecule has 0 aliphatic rings. The van der Waals surface area contributed by atoms with Crippen molar-refractivity contribution in [3.63, 3.8) is 0 Å². The molecule has 0 fully saturated rings. The molecule has 0 atom stereocenters. The van der Waals surface area contributed by atoms with Gasteiger partial charge in [-0.2, -0.15) is 5.10 Å². The molecular formula is C12H12BrN3O. The Morgan fingerprint density at radius 3 is 2.29 bits per heavy atom. The molecular weight excluding hydrogens is 282 g/mol. The van der Waals surface area contributed by atoms with E-state index in [0.717, 1.165) is 21.5 Å². The molecule has 2 N–H and O–H groups in total. The zero-order valence-electron chi connectivity index (χ0n) is 9.57. The van der Waals surface area contributed by atoms with Crippen molar-refractivity contribution in [2.45, 2.75) is 13.8 Å². The third-order valence-corrected chi connectivity index (χ3v) is 3.75. The second kappa shape index (κ2) is 4.33. The first-order valence-electron chi connectivity index (χ1n) is 5.12. The third kappa shape index (κ3) is 2.10. The average molecular weight is 294 g/mol. The van der Waals surface area contributed by atoms with Crippen LogP contribution in [0.5, 0.6) is 0 Å². The minimum absolute atomic E-state index is 0.425. The molecule has 2 rings (SSSR count). The molecule has 0 saturated heterocycles. The Hall–Kier alpha value is -1.62. The molecule has 0 saturated carbocycles. The summed E-state index contributed by atoms with van der Waals surface area (Å²) in [5, 5.41) is 4.41. The van der Waals surface area contributed by atoms with Gasteiger partial charge in [0.15, 0.2) is 0 Å². The Morgan fingerprint density at radius 1 is 1.29 bits per heavy atom. The van der Waals surface area contributed by atoms with E-state index in [0.29, 0.717) is 5.56 Å². The van der Waals surface area contributed by atoms with Gasteiger partial charge in [-0.05, 0) is 54.0 Å². The van der Waals surface area contributed by atoms with Crippen LogP contribution in [-0.2, 0) is 0 Å². The van der Waals surface area contributed by atoms with E-state index >= 15 is 0 Å². The molecule has 0 radical (unpaired) electrons. The molecule has 1 aromatic carbocycles. The van der Waals surface area contributed by atoms with Crippen LogP contribution in [-0.4, -0.2) is 15.7 Å². The number of hydrogen-bond donors (Lipinski definition) is 1. The molecule has 5 heteroatoms. The second-order valence-electron chi connectivity index (χ2n) is 3.81. The first-order valence-corrected chi connectivity index (χ1v) is 5.92. The zero-order valence-corrected chi connectivity index (χ0v) is 11.2. The maximum atomic E-state index is 11.0. The van der Waals surface area contributed by atoms with E-state index in [9.17, 15) is 4.79 Å². The van der Waals surface area contributed by atoms with E-state index in [-0.39, 0.29) is 0 Å².